The highest BCUT2D eigenvalue weighted by molar-refractivity contribution is 5.80. The van der Waals surface area contributed by atoms with Crippen LogP contribution in [0, 0.1) is 5.92 Å². The summed E-state index contributed by atoms with van der Waals surface area (Å²) in [4.78, 5) is 23.4. The van der Waals surface area contributed by atoms with Crippen LogP contribution in [0.5, 0.6) is 0 Å². The number of benzene rings is 1. The van der Waals surface area contributed by atoms with Gasteiger partial charge in [-0.25, -0.2) is 9.97 Å². The van der Waals surface area contributed by atoms with Crippen LogP contribution in [0.25, 0.3) is 0 Å². The van der Waals surface area contributed by atoms with Crippen LogP contribution in [0.1, 0.15) is 43.9 Å². The Kier molecular flexibility index (Phi) is 5.64. The van der Waals surface area contributed by atoms with Crippen molar-refractivity contribution in [3.63, 3.8) is 0 Å². The maximum absolute atomic E-state index is 12.7. The molecule has 1 amide bonds. The molecule has 0 spiro atoms. The summed E-state index contributed by atoms with van der Waals surface area (Å²) in [7, 11) is 0. The van der Waals surface area contributed by atoms with Gasteiger partial charge < -0.3 is 10.2 Å². The molecule has 132 valence electrons. The van der Waals surface area contributed by atoms with Crippen molar-refractivity contribution in [3.05, 3.63) is 53.9 Å². The Morgan fingerprint density at radius 2 is 2.00 bits per heavy atom. The lowest BCUT2D eigenvalue weighted by Crippen LogP contribution is -2.44. The molecular weight excluding hydrogens is 312 g/mol. The molecule has 0 radical (unpaired) electrons. The summed E-state index contributed by atoms with van der Waals surface area (Å²) in [5.74, 6) is 0.811. The van der Waals surface area contributed by atoms with Crippen molar-refractivity contribution in [2.24, 2.45) is 5.92 Å². The molecular formula is C20H26N4O. The molecule has 1 aromatic heterocycles. The van der Waals surface area contributed by atoms with Gasteiger partial charge in [-0.05, 0) is 43.4 Å². The number of nitrogens with one attached hydrogen (secondary N) is 1. The standard InChI is InChI=1S/C20H26N4O/c1-3-16-7-9-17(10-8-16)15(2)23-19(25)18-6-4-13-24(14-18)20-21-11-5-12-22-20/h5,7-12,15,18H,3-4,6,13-14H2,1-2H3,(H,23,25). The van der Waals surface area contributed by atoms with Crippen LogP contribution >= 0.6 is 0 Å². The first-order chi connectivity index (χ1) is 12.2. The topological polar surface area (TPSA) is 58.1 Å². The zero-order valence-corrected chi connectivity index (χ0v) is 15.0. The minimum atomic E-state index is -0.0186. The largest absolute Gasteiger partial charge is 0.349 e. The van der Waals surface area contributed by atoms with Crippen LogP contribution in [0.4, 0.5) is 5.95 Å². The second-order valence-corrected chi connectivity index (χ2v) is 6.66. The second-order valence-electron chi connectivity index (χ2n) is 6.66. The van der Waals surface area contributed by atoms with E-state index in [-0.39, 0.29) is 17.9 Å². The molecule has 1 aliphatic heterocycles. The van der Waals surface area contributed by atoms with Crippen molar-refractivity contribution in [2.45, 2.75) is 39.2 Å². The fourth-order valence-electron chi connectivity index (χ4n) is 3.28. The molecule has 1 fully saturated rings. The Balaban J connectivity index is 1.60. The van der Waals surface area contributed by atoms with Crippen molar-refractivity contribution in [3.8, 4) is 0 Å². The van der Waals surface area contributed by atoms with Gasteiger partial charge in [-0.15, -0.1) is 0 Å². The third-order valence-electron chi connectivity index (χ3n) is 4.87. The van der Waals surface area contributed by atoms with E-state index in [1.165, 1.54) is 5.56 Å². The van der Waals surface area contributed by atoms with Gasteiger partial charge in [0.25, 0.3) is 0 Å². The molecule has 0 aliphatic carbocycles. The number of nitrogens with zero attached hydrogens (tertiary/aromatic N) is 3. The van der Waals surface area contributed by atoms with Gasteiger partial charge in [-0.2, -0.15) is 0 Å². The molecule has 5 nitrogen and oxygen atoms in total. The van der Waals surface area contributed by atoms with Gasteiger partial charge in [0, 0.05) is 25.5 Å². The first kappa shape index (κ1) is 17.4. The minimum absolute atomic E-state index is 0.0155. The quantitative estimate of drug-likeness (QED) is 0.910. The molecule has 25 heavy (non-hydrogen) atoms. The van der Waals surface area contributed by atoms with Crippen LogP contribution in [0.2, 0.25) is 0 Å². The SMILES string of the molecule is CCc1ccc(C(C)NC(=O)C2CCCN(c3ncccn3)C2)cc1. The summed E-state index contributed by atoms with van der Waals surface area (Å²) in [5.41, 5.74) is 2.46. The Morgan fingerprint density at radius 3 is 2.68 bits per heavy atom. The molecule has 2 aromatic rings. The maximum atomic E-state index is 12.7. The zero-order valence-electron chi connectivity index (χ0n) is 15.0. The van der Waals surface area contributed by atoms with Crippen LogP contribution in [-0.4, -0.2) is 29.0 Å². The van der Waals surface area contributed by atoms with E-state index in [0.717, 1.165) is 31.4 Å². The number of hydrogen-bond donors (Lipinski definition) is 1. The number of carbonyl (C=O) groups excluding carboxylic acids is 1. The van der Waals surface area contributed by atoms with Gasteiger partial charge in [0.2, 0.25) is 11.9 Å². The molecule has 1 aromatic carbocycles. The average molecular weight is 338 g/mol. The highest BCUT2D eigenvalue weighted by atomic mass is 16.2. The summed E-state index contributed by atoms with van der Waals surface area (Å²) in [5, 5.41) is 3.17. The highest BCUT2D eigenvalue weighted by Gasteiger charge is 2.27. The average Bonchev–Trinajstić information content (AvgIpc) is 2.68. The first-order valence-electron chi connectivity index (χ1n) is 9.08. The number of anilines is 1. The van der Waals surface area contributed by atoms with Crippen molar-refractivity contribution in [1.82, 2.24) is 15.3 Å². The fourth-order valence-corrected chi connectivity index (χ4v) is 3.28. The molecule has 5 heteroatoms. The number of aryl methyl sites for hydroxylation is 1. The molecule has 1 N–H and O–H groups in total. The van der Waals surface area contributed by atoms with E-state index in [4.69, 9.17) is 0 Å². The number of amides is 1. The zero-order chi connectivity index (χ0) is 17.6. The number of piperidine rings is 1. The van der Waals surface area contributed by atoms with Gasteiger partial charge in [0.1, 0.15) is 0 Å². The lowest BCUT2D eigenvalue weighted by atomic mass is 9.96. The fraction of sp³-hybridized carbons (Fsp3) is 0.450. The van der Waals surface area contributed by atoms with E-state index in [9.17, 15) is 4.79 Å². The summed E-state index contributed by atoms with van der Waals surface area (Å²) in [6, 6.07) is 10.3. The molecule has 2 heterocycles. The van der Waals surface area contributed by atoms with Crippen molar-refractivity contribution in [2.75, 3.05) is 18.0 Å². The van der Waals surface area contributed by atoms with Crippen LogP contribution < -0.4 is 10.2 Å². The van der Waals surface area contributed by atoms with Gasteiger partial charge >= 0.3 is 0 Å². The Labute approximate surface area is 149 Å². The summed E-state index contributed by atoms with van der Waals surface area (Å²) in [6.45, 7) is 5.77. The first-order valence-corrected chi connectivity index (χ1v) is 9.08. The monoisotopic (exact) mass is 338 g/mol. The smallest absolute Gasteiger partial charge is 0.225 e. The van der Waals surface area contributed by atoms with E-state index >= 15 is 0 Å². The molecule has 2 atom stereocenters. The molecule has 0 saturated carbocycles. The Hall–Kier alpha value is -2.43. The maximum Gasteiger partial charge on any atom is 0.225 e. The summed E-state index contributed by atoms with van der Waals surface area (Å²) >= 11 is 0. The second kappa shape index (κ2) is 8.10. The van der Waals surface area contributed by atoms with E-state index in [1.54, 1.807) is 12.4 Å². The highest BCUT2D eigenvalue weighted by Crippen LogP contribution is 2.21. The van der Waals surface area contributed by atoms with E-state index in [0.29, 0.717) is 12.5 Å². The lowest BCUT2D eigenvalue weighted by molar-refractivity contribution is -0.125. The Morgan fingerprint density at radius 1 is 1.28 bits per heavy atom. The van der Waals surface area contributed by atoms with Crippen LogP contribution in [0.15, 0.2) is 42.7 Å². The number of rotatable bonds is 5. The molecule has 1 saturated heterocycles. The van der Waals surface area contributed by atoms with Crippen molar-refractivity contribution in [1.29, 1.82) is 0 Å². The van der Waals surface area contributed by atoms with Gasteiger partial charge in [0.15, 0.2) is 0 Å². The lowest BCUT2D eigenvalue weighted by Gasteiger charge is -2.32. The Bertz CT molecular complexity index is 687. The molecule has 1 aliphatic rings. The third kappa shape index (κ3) is 4.35. The van der Waals surface area contributed by atoms with Gasteiger partial charge in [-0.1, -0.05) is 31.2 Å². The molecule has 3 rings (SSSR count). The van der Waals surface area contributed by atoms with E-state index in [2.05, 4.69) is 51.4 Å². The molecule has 0 bridgehead atoms. The predicted octanol–water partition coefficient (Wildman–Crippen LogP) is 3.13. The van der Waals surface area contributed by atoms with Crippen molar-refractivity contribution < 1.29 is 4.79 Å². The number of carbonyl (C=O) groups is 1. The normalized spacial score (nSPS) is 18.6. The van der Waals surface area contributed by atoms with Gasteiger partial charge in [0.05, 0.1) is 12.0 Å². The van der Waals surface area contributed by atoms with Gasteiger partial charge in [-0.3, -0.25) is 4.79 Å². The number of hydrogen-bond acceptors (Lipinski definition) is 4. The van der Waals surface area contributed by atoms with Crippen molar-refractivity contribution >= 4 is 11.9 Å². The van der Waals surface area contributed by atoms with E-state index < -0.39 is 0 Å². The molecule has 2 unspecified atom stereocenters. The minimum Gasteiger partial charge on any atom is -0.349 e. The summed E-state index contributed by atoms with van der Waals surface area (Å²) < 4.78 is 0. The van der Waals surface area contributed by atoms with Crippen LogP contribution in [0.3, 0.4) is 0 Å². The number of aromatic nitrogens is 2. The van der Waals surface area contributed by atoms with E-state index in [1.807, 2.05) is 13.0 Å². The third-order valence-corrected chi connectivity index (χ3v) is 4.87. The predicted molar refractivity (Wildman–Crippen MR) is 99.3 cm³/mol. The summed E-state index contributed by atoms with van der Waals surface area (Å²) in [6.07, 6.45) is 6.41. The van der Waals surface area contributed by atoms with Crippen LogP contribution in [-0.2, 0) is 11.2 Å².